The number of non-ortho nitro benzene ring substituents is 1. The Bertz CT molecular complexity index is 681. The summed E-state index contributed by atoms with van der Waals surface area (Å²) in [5.41, 5.74) is 1.65. The number of carbonyl (C=O) groups is 1. The van der Waals surface area contributed by atoms with Crippen LogP contribution in [0.4, 0.5) is 11.4 Å². The van der Waals surface area contributed by atoms with Gasteiger partial charge in [-0.25, -0.2) is 0 Å². The molecular formula is C17H18N2O4. The van der Waals surface area contributed by atoms with Crippen molar-refractivity contribution < 1.29 is 14.5 Å². The van der Waals surface area contributed by atoms with Crippen LogP contribution in [0.1, 0.15) is 19.4 Å². The Hall–Kier alpha value is -2.89. The highest BCUT2D eigenvalue weighted by molar-refractivity contribution is 5.94. The van der Waals surface area contributed by atoms with E-state index in [4.69, 9.17) is 4.74 Å². The smallest absolute Gasteiger partial charge is 0.269 e. The molecule has 6 heteroatoms. The molecule has 2 aromatic rings. The third-order valence-corrected chi connectivity index (χ3v) is 3.36. The van der Waals surface area contributed by atoms with Crippen molar-refractivity contribution in [3.63, 3.8) is 0 Å². The highest BCUT2D eigenvalue weighted by Gasteiger charge is 2.15. The fourth-order valence-corrected chi connectivity index (χ4v) is 1.97. The van der Waals surface area contributed by atoms with E-state index in [0.717, 1.165) is 6.42 Å². The number of amides is 1. The number of anilines is 1. The summed E-state index contributed by atoms with van der Waals surface area (Å²) in [5, 5.41) is 13.3. The molecule has 0 bridgehead atoms. The summed E-state index contributed by atoms with van der Waals surface area (Å²) in [7, 11) is 0. The number of ether oxygens (including phenoxy) is 1. The molecule has 0 aliphatic carbocycles. The van der Waals surface area contributed by atoms with Crippen LogP contribution in [0.5, 0.6) is 5.75 Å². The Morgan fingerprint density at radius 3 is 2.30 bits per heavy atom. The quantitative estimate of drug-likeness (QED) is 0.653. The molecule has 0 fully saturated rings. The highest BCUT2D eigenvalue weighted by atomic mass is 16.6. The molecule has 0 aliphatic rings. The number of rotatable bonds is 6. The lowest BCUT2D eigenvalue weighted by molar-refractivity contribution is -0.384. The zero-order valence-corrected chi connectivity index (χ0v) is 13.0. The fraction of sp³-hybridized carbons (Fsp3) is 0.235. The predicted octanol–water partition coefficient (Wildman–Crippen LogP) is 3.56. The number of aryl methyl sites for hydroxylation is 1. The number of carbonyl (C=O) groups excluding carboxylic acids is 1. The molecule has 1 amide bonds. The first kappa shape index (κ1) is 16.5. The molecule has 2 aromatic carbocycles. The average molecular weight is 314 g/mol. The molecule has 1 N–H and O–H groups in total. The lowest BCUT2D eigenvalue weighted by atomic mass is 10.2. The van der Waals surface area contributed by atoms with Gasteiger partial charge in [-0.05, 0) is 43.2 Å². The molecule has 0 saturated heterocycles. The van der Waals surface area contributed by atoms with Gasteiger partial charge < -0.3 is 10.1 Å². The molecule has 0 saturated carbocycles. The van der Waals surface area contributed by atoms with E-state index >= 15 is 0 Å². The van der Waals surface area contributed by atoms with Crippen LogP contribution < -0.4 is 10.1 Å². The van der Waals surface area contributed by atoms with Crippen LogP contribution in [0.25, 0.3) is 0 Å². The monoisotopic (exact) mass is 314 g/mol. The molecule has 0 unspecified atom stereocenters. The molecule has 0 heterocycles. The van der Waals surface area contributed by atoms with Crippen LogP contribution in [0.15, 0.2) is 48.5 Å². The Morgan fingerprint density at radius 1 is 1.17 bits per heavy atom. The summed E-state index contributed by atoms with van der Waals surface area (Å²) in [6.07, 6.45) is 0.258. The van der Waals surface area contributed by atoms with Gasteiger partial charge in [0.25, 0.3) is 11.6 Å². The van der Waals surface area contributed by atoms with Gasteiger partial charge in [-0.1, -0.05) is 19.1 Å². The van der Waals surface area contributed by atoms with E-state index in [1.165, 1.54) is 29.8 Å². The Morgan fingerprint density at radius 2 is 1.78 bits per heavy atom. The minimum absolute atomic E-state index is 0.0247. The molecule has 23 heavy (non-hydrogen) atoms. The summed E-state index contributed by atoms with van der Waals surface area (Å²) in [4.78, 5) is 22.2. The van der Waals surface area contributed by atoms with E-state index in [9.17, 15) is 14.9 Å². The first-order chi connectivity index (χ1) is 11.0. The molecule has 6 nitrogen and oxygen atoms in total. The average Bonchev–Trinajstić information content (AvgIpc) is 2.56. The van der Waals surface area contributed by atoms with Crippen LogP contribution >= 0.6 is 0 Å². The Balaban J connectivity index is 1.94. The van der Waals surface area contributed by atoms with Crippen molar-refractivity contribution in [2.45, 2.75) is 26.4 Å². The number of nitro benzene ring substituents is 1. The SMILES string of the molecule is CCc1ccc(O[C@@H](C)C(=O)Nc2ccc([N+](=O)[O-])cc2)cc1. The van der Waals surface area contributed by atoms with Crippen molar-refractivity contribution in [1.82, 2.24) is 0 Å². The summed E-state index contributed by atoms with van der Waals surface area (Å²) >= 11 is 0. The predicted molar refractivity (Wildman–Crippen MR) is 87.6 cm³/mol. The minimum Gasteiger partial charge on any atom is -0.481 e. The van der Waals surface area contributed by atoms with Crippen molar-refractivity contribution in [3.05, 3.63) is 64.2 Å². The van der Waals surface area contributed by atoms with Crippen LogP contribution in [0, 0.1) is 10.1 Å². The maximum atomic E-state index is 12.1. The topological polar surface area (TPSA) is 81.5 Å². The van der Waals surface area contributed by atoms with Gasteiger partial charge in [0.2, 0.25) is 0 Å². The molecular weight excluding hydrogens is 296 g/mol. The van der Waals surface area contributed by atoms with Gasteiger partial charge in [0.05, 0.1) is 4.92 Å². The maximum absolute atomic E-state index is 12.1. The molecule has 1 atom stereocenters. The minimum atomic E-state index is -0.683. The van der Waals surface area contributed by atoms with E-state index in [1.807, 2.05) is 24.3 Å². The number of benzene rings is 2. The second-order valence-corrected chi connectivity index (χ2v) is 5.05. The van der Waals surface area contributed by atoms with Crippen molar-refractivity contribution in [2.75, 3.05) is 5.32 Å². The number of hydrogen-bond acceptors (Lipinski definition) is 4. The number of nitro groups is 1. The van der Waals surface area contributed by atoms with Gasteiger partial charge in [-0.15, -0.1) is 0 Å². The van der Waals surface area contributed by atoms with E-state index in [2.05, 4.69) is 12.2 Å². The second-order valence-electron chi connectivity index (χ2n) is 5.05. The molecule has 120 valence electrons. The summed E-state index contributed by atoms with van der Waals surface area (Å²) < 4.78 is 5.59. The molecule has 0 aromatic heterocycles. The van der Waals surface area contributed by atoms with Crippen LogP contribution in [0.3, 0.4) is 0 Å². The maximum Gasteiger partial charge on any atom is 0.269 e. The molecule has 2 rings (SSSR count). The van der Waals surface area contributed by atoms with E-state index in [1.54, 1.807) is 6.92 Å². The van der Waals surface area contributed by atoms with Crippen molar-refractivity contribution in [2.24, 2.45) is 0 Å². The van der Waals surface area contributed by atoms with Crippen molar-refractivity contribution in [3.8, 4) is 5.75 Å². The standard InChI is InChI=1S/C17H18N2O4/c1-3-13-4-10-16(11-5-13)23-12(2)17(20)18-14-6-8-15(9-7-14)19(21)22/h4-12H,3H2,1-2H3,(H,18,20)/t12-/m0/s1. The fourth-order valence-electron chi connectivity index (χ4n) is 1.97. The van der Waals surface area contributed by atoms with Gasteiger partial charge in [-0.2, -0.15) is 0 Å². The van der Waals surface area contributed by atoms with Gasteiger partial charge >= 0.3 is 0 Å². The number of nitrogens with zero attached hydrogens (tertiary/aromatic N) is 1. The highest BCUT2D eigenvalue weighted by Crippen LogP contribution is 2.17. The third kappa shape index (κ3) is 4.54. The van der Waals surface area contributed by atoms with Gasteiger partial charge in [-0.3, -0.25) is 14.9 Å². The van der Waals surface area contributed by atoms with Gasteiger partial charge in [0.15, 0.2) is 6.10 Å². The zero-order valence-electron chi connectivity index (χ0n) is 13.0. The lowest BCUT2D eigenvalue weighted by Gasteiger charge is -2.15. The van der Waals surface area contributed by atoms with E-state index < -0.39 is 11.0 Å². The van der Waals surface area contributed by atoms with Crippen LogP contribution in [-0.4, -0.2) is 16.9 Å². The lowest BCUT2D eigenvalue weighted by Crippen LogP contribution is -2.30. The largest absolute Gasteiger partial charge is 0.481 e. The summed E-state index contributed by atoms with van der Waals surface area (Å²) in [6.45, 7) is 3.71. The van der Waals surface area contributed by atoms with E-state index in [0.29, 0.717) is 11.4 Å². The molecule has 0 radical (unpaired) electrons. The third-order valence-electron chi connectivity index (χ3n) is 3.36. The number of hydrogen-bond donors (Lipinski definition) is 1. The number of nitrogens with one attached hydrogen (secondary N) is 1. The Labute approximate surface area is 134 Å². The zero-order chi connectivity index (χ0) is 16.8. The summed E-state index contributed by atoms with van der Waals surface area (Å²) in [6, 6.07) is 13.2. The van der Waals surface area contributed by atoms with E-state index in [-0.39, 0.29) is 11.6 Å². The van der Waals surface area contributed by atoms with Gasteiger partial charge in [0.1, 0.15) is 5.75 Å². The van der Waals surface area contributed by atoms with Gasteiger partial charge in [0, 0.05) is 17.8 Å². The van der Waals surface area contributed by atoms with Crippen LogP contribution in [-0.2, 0) is 11.2 Å². The second kappa shape index (κ2) is 7.40. The van der Waals surface area contributed by atoms with Crippen molar-refractivity contribution in [1.29, 1.82) is 0 Å². The summed E-state index contributed by atoms with van der Waals surface area (Å²) in [5.74, 6) is 0.298. The Kier molecular flexibility index (Phi) is 5.30. The molecule has 0 aliphatic heterocycles. The normalized spacial score (nSPS) is 11.6. The van der Waals surface area contributed by atoms with Crippen molar-refractivity contribution >= 4 is 17.3 Å². The first-order valence-corrected chi connectivity index (χ1v) is 7.30. The molecule has 0 spiro atoms. The first-order valence-electron chi connectivity index (χ1n) is 7.30. The van der Waals surface area contributed by atoms with Crippen LogP contribution in [0.2, 0.25) is 0 Å².